The summed E-state index contributed by atoms with van der Waals surface area (Å²) in [5, 5.41) is 0. The van der Waals surface area contributed by atoms with Gasteiger partial charge in [-0.15, -0.1) is 0 Å². The minimum absolute atomic E-state index is 0.250. The summed E-state index contributed by atoms with van der Waals surface area (Å²) in [4.78, 5) is 11.0. The highest BCUT2D eigenvalue weighted by molar-refractivity contribution is 5.42. The van der Waals surface area contributed by atoms with Gasteiger partial charge in [-0.25, -0.2) is 0 Å². The lowest BCUT2D eigenvalue weighted by molar-refractivity contribution is -0.106. The maximum Gasteiger partial charge on any atom is 0.204 e. The fourth-order valence-electron chi connectivity index (χ4n) is 1.16. The second kappa shape index (κ2) is 5.23. The molecular formula is C7H16N2O. The third kappa shape index (κ3) is 4.32. The summed E-state index contributed by atoms with van der Waals surface area (Å²) in [6, 6.07) is 0. The summed E-state index contributed by atoms with van der Waals surface area (Å²) in [6.07, 6.45) is 1.65. The first-order valence-electron chi connectivity index (χ1n) is 3.54. The zero-order valence-corrected chi connectivity index (χ0v) is 6.71. The number of hydrogen-bond acceptors (Lipinski definition) is 2. The van der Waals surface area contributed by atoms with Crippen molar-refractivity contribution in [3.8, 4) is 0 Å². The molecule has 0 bridgehead atoms. The molecule has 3 heteroatoms. The number of primary amides is 1. The van der Waals surface area contributed by atoms with Crippen LogP contribution in [0.1, 0.15) is 13.3 Å². The van der Waals surface area contributed by atoms with Gasteiger partial charge in [-0.05, 0) is 25.9 Å². The number of carbonyl (C=O) groups excluding carboxylic acids is 1. The highest BCUT2D eigenvalue weighted by atomic mass is 16.1. The van der Waals surface area contributed by atoms with Gasteiger partial charge < -0.3 is 10.6 Å². The Balaban J connectivity index is 0.000000236. The molecule has 0 aromatic rings. The molecule has 3 nitrogen and oxygen atoms in total. The van der Waals surface area contributed by atoms with Gasteiger partial charge in [0.1, 0.15) is 0 Å². The maximum atomic E-state index is 8.58. The van der Waals surface area contributed by atoms with Crippen LogP contribution in [-0.4, -0.2) is 31.4 Å². The van der Waals surface area contributed by atoms with Crippen molar-refractivity contribution in [2.24, 2.45) is 11.7 Å². The Morgan fingerprint density at radius 2 is 2.20 bits per heavy atom. The van der Waals surface area contributed by atoms with Crippen LogP contribution in [0.2, 0.25) is 0 Å². The lowest BCUT2D eigenvalue weighted by Crippen LogP contribution is -2.12. The first-order chi connectivity index (χ1) is 4.70. The van der Waals surface area contributed by atoms with Crippen LogP contribution < -0.4 is 5.73 Å². The fourth-order valence-corrected chi connectivity index (χ4v) is 1.16. The second-order valence-corrected chi connectivity index (χ2v) is 2.79. The monoisotopic (exact) mass is 144 g/mol. The molecule has 1 aliphatic heterocycles. The van der Waals surface area contributed by atoms with E-state index in [0.717, 1.165) is 5.92 Å². The van der Waals surface area contributed by atoms with Crippen molar-refractivity contribution < 1.29 is 4.79 Å². The van der Waals surface area contributed by atoms with Gasteiger partial charge in [-0.3, -0.25) is 4.79 Å². The van der Waals surface area contributed by atoms with E-state index in [2.05, 4.69) is 24.6 Å². The Bertz CT molecular complexity index is 87.6. The van der Waals surface area contributed by atoms with Crippen molar-refractivity contribution >= 4 is 6.41 Å². The lowest BCUT2D eigenvalue weighted by atomic mass is 10.2. The Kier molecular flexibility index (Phi) is 4.94. The van der Waals surface area contributed by atoms with Gasteiger partial charge in [-0.2, -0.15) is 0 Å². The van der Waals surface area contributed by atoms with E-state index in [1.165, 1.54) is 19.5 Å². The number of nitrogens with two attached hydrogens (primary N) is 1. The molecule has 60 valence electrons. The highest BCUT2D eigenvalue weighted by Crippen LogP contribution is 2.11. The first kappa shape index (κ1) is 9.43. The molecule has 1 heterocycles. The summed E-state index contributed by atoms with van der Waals surface area (Å²) >= 11 is 0. The smallest absolute Gasteiger partial charge is 0.204 e. The summed E-state index contributed by atoms with van der Waals surface area (Å²) in [5.41, 5.74) is 4.17. The van der Waals surface area contributed by atoms with Crippen molar-refractivity contribution in [3.63, 3.8) is 0 Å². The molecule has 1 saturated heterocycles. The molecule has 0 aromatic carbocycles. The van der Waals surface area contributed by atoms with Crippen LogP contribution in [0.5, 0.6) is 0 Å². The molecule has 1 fully saturated rings. The Morgan fingerprint density at radius 1 is 1.70 bits per heavy atom. The standard InChI is InChI=1S/C6H13N.CH3NO/c1-6-3-4-7(2)5-6;2-1-3/h6H,3-5H2,1-2H3;1H,(H2,2,3)/t6-;/m0./s1. The molecule has 1 aliphatic rings. The molecule has 1 amide bonds. The van der Waals surface area contributed by atoms with Gasteiger partial charge in [0.25, 0.3) is 0 Å². The molecule has 0 aliphatic carbocycles. The SMILES string of the molecule is C[C@H]1CCN(C)C1.NC=O. The molecule has 1 atom stereocenters. The molecule has 0 radical (unpaired) electrons. The van der Waals surface area contributed by atoms with Crippen LogP contribution in [0, 0.1) is 5.92 Å². The number of nitrogens with zero attached hydrogens (tertiary/aromatic N) is 1. The van der Waals surface area contributed by atoms with E-state index >= 15 is 0 Å². The second-order valence-electron chi connectivity index (χ2n) is 2.79. The molecule has 10 heavy (non-hydrogen) atoms. The first-order valence-corrected chi connectivity index (χ1v) is 3.54. The Hall–Kier alpha value is -0.570. The predicted octanol–water partition coefficient (Wildman–Crippen LogP) is 0.0595. The van der Waals surface area contributed by atoms with Gasteiger partial charge in [0.15, 0.2) is 0 Å². The molecule has 1 rings (SSSR count). The maximum absolute atomic E-state index is 8.58. The Morgan fingerprint density at radius 3 is 2.30 bits per heavy atom. The van der Waals surface area contributed by atoms with Crippen molar-refractivity contribution in [2.45, 2.75) is 13.3 Å². The van der Waals surface area contributed by atoms with Gasteiger partial charge in [0.2, 0.25) is 6.41 Å². The number of amides is 1. The largest absolute Gasteiger partial charge is 0.372 e. The van der Waals surface area contributed by atoms with Crippen molar-refractivity contribution in [1.82, 2.24) is 4.90 Å². The zero-order valence-electron chi connectivity index (χ0n) is 6.71. The van der Waals surface area contributed by atoms with Crippen LogP contribution in [0.25, 0.3) is 0 Å². The minimum atomic E-state index is 0.250. The number of hydrogen-bond donors (Lipinski definition) is 1. The van der Waals surface area contributed by atoms with Gasteiger partial charge in [0, 0.05) is 6.54 Å². The Labute approximate surface area is 62.2 Å². The zero-order chi connectivity index (χ0) is 7.98. The topological polar surface area (TPSA) is 46.3 Å². The van der Waals surface area contributed by atoms with Crippen LogP contribution in [0.15, 0.2) is 0 Å². The van der Waals surface area contributed by atoms with Crippen LogP contribution in [-0.2, 0) is 4.79 Å². The average Bonchev–Trinajstić information content (AvgIpc) is 2.17. The summed E-state index contributed by atoms with van der Waals surface area (Å²) < 4.78 is 0. The summed E-state index contributed by atoms with van der Waals surface area (Å²) in [5.74, 6) is 0.949. The third-order valence-corrected chi connectivity index (χ3v) is 1.63. The van der Waals surface area contributed by atoms with E-state index in [4.69, 9.17) is 4.79 Å². The van der Waals surface area contributed by atoms with E-state index in [-0.39, 0.29) is 6.41 Å². The van der Waals surface area contributed by atoms with E-state index in [1.807, 2.05) is 0 Å². The van der Waals surface area contributed by atoms with Gasteiger partial charge >= 0.3 is 0 Å². The van der Waals surface area contributed by atoms with E-state index in [1.54, 1.807) is 0 Å². The van der Waals surface area contributed by atoms with Gasteiger partial charge in [0.05, 0.1) is 0 Å². The number of rotatable bonds is 0. The van der Waals surface area contributed by atoms with E-state index in [9.17, 15) is 0 Å². The highest BCUT2D eigenvalue weighted by Gasteiger charge is 2.13. The molecule has 0 spiro atoms. The van der Waals surface area contributed by atoms with Crippen molar-refractivity contribution in [2.75, 3.05) is 20.1 Å². The quantitative estimate of drug-likeness (QED) is 0.489. The predicted molar refractivity (Wildman–Crippen MR) is 41.5 cm³/mol. The average molecular weight is 144 g/mol. The van der Waals surface area contributed by atoms with Crippen LogP contribution in [0.3, 0.4) is 0 Å². The van der Waals surface area contributed by atoms with Gasteiger partial charge in [-0.1, -0.05) is 6.92 Å². The summed E-state index contributed by atoms with van der Waals surface area (Å²) in [7, 11) is 2.18. The van der Waals surface area contributed by atoms with Crippen LogP contribution >= 0.6 is 0 Å². The molecule has 2 N–H and O–H groups in total. The normalized spacial score (nSPS) is 25.2. The van der Waals surface area contributed by atoms with E-state index < -0.39 is 0 Å². The molecular weight excluding hydrogens is 128 g/mol. The summed E-state index contributed by atoms with van der Waals surface area (Å²) in [6.45, 7) is 4.92. The lowest BCUT2D eigenvalue weighted by Gasteiger charge is -2.03. The fraction of sp³-hybridized carbons (Fsp3) is 0.857. The number of carbonyl (C=O) groups is 1. The minimum Gasteiger partial charge on any atom is -0.372 e. The number of likely N-dealkylation sites (tertiary alicyclic amines) is 1. The van der Waals surface area contributed by atoms with Crippen LogP contribution in [0.4, 0.5) is 0 Å². The molecule has 0 unspecified atom stereocenters. The van der Waals surface area contributed by atoms with Crippen molar-refractivity contribution in [3.05, 3.63) is 0 Å². The van der Waals surface area contributed by atoms with E-state index in [0.29, 0.717) is 0 Å². The third-order valence-electron chi connectivity index (χ3n) is 1.63. The molecule has 0 saturated carbocycles. The van der Waals surface area contributed by atoms with Crippen molar-refractivity contribution in [1.29, 1.82) is 0 Å². The molecule has 0 aromatic heterocycles.